The van der Waals surface area contributed by atoms with Crippen molar-refractivity contribution in [2.24, 2.45) is 0 Å². The Kier molecular flexibility index (Phi) is 56.3. The van der Waals surface area contributed by atoms with E-state index in [4.69, 9.17) is 14.2 Å². The van der Waals surface area contributed by atoms with Crippen LogP contribution in [-0.2, 0) is 28.6 Å². The highest BCUT2D eigenvalue weighted by Crippen LogP contribution is 2.17. The van der Waals surface area contributed by atoms with Gasteiger partial charge in [-0.3, -0.25) is 14.4 Å². The number of ether oxygens (including phenoxy) is 3. The molecule has 0 N–H and O–H groups in total. The molecule has 0 saturated heterocycles. The van der Waals surface area contributed by atoms with E-state index in [9.17, 15) is 14.4 Å². The number of unbranched alkanes of at least 4 members (excludes halogenated alkanes) is 34. The Morgan fingerprint density at radius 2 is 0.557 bits per heavy atom. The molecule has 0 aromatic rings. The highest BCUT2D eigenvalue weighted by molar-refractivity contribution is 5.71. The fourth-order valence-corrected chi connectivity index (χ4v) is 8.77. The second kappa shape index (κ2) is 58.7. The minimum Gasteiger partial charge on any atom is -0.462 e. The molecular weight excluding hydrogens is 865 g/mol. The number of esters is 3. The van der Waals surface area contributed by atoms with Crippen molar-refractivity contribution in [1.29, 1.82) is 0 Å². The van der Waals surface area contributed by atoms with Crippen LogP contribution in [0.3, 0.4) is 0 Å². The van der Waals surface area contributed by atoms with Crippen LogP contribution < -0.4 is 0 Å². The summed E-state index contributed by atoms with van der Waals surface area (Å²) in [5, 5.41) is 0. The van der Waals surface area contributed by atoms with Crippen LogP contribution in [0, 0.1) is 0 Å². The molecule has 0 bridgehead atoms. The first-order chi connectivity index (χ1) is 34.5. The molecule has 0 saturated carbocycles. The molecule has 0 spiro atoms. The second-order valence-corrected chi connectivity index (χ2v) is 20.2. The van der Waals surface area contributed by atoms with Crippen LogP contribution in [0.1, 0.15) is 310 Å². The Labute approximate surface area is 434 Å². The van der Waals surface area contributed by atoms with Gasteiger partial charge in [0.25, 0.3) is 0 Å². The van der Waals surface area contributed by atoms with Crippen LogP contribution in [0.5, 0.6) is 0 Å². The molecule has 0 aliphatic heterocycles. The molecule has 1 atom stereocenters. The van der Waals surface area contributed by atoms with E-state index in [-0.39, 0.29) is 31.1 Å². The Morgan fingerprint density at radius 1 is 0.300 bits per heavy atom. The van der Waals surface area contributed by atoms with Crippen LogP contribution in [0.2, 0.25) is 0 Å². The molecule has 1 unspecified atom stereocenters. The van der Waals surface area contributed by atoms with Crippen molar-refractivity contribution < 1.29 is 28.6 Å². The van der Waals surface area contributed by atoms with Gasteiger partial charge < -0.3 is 14.2 Å². The number of hydrogen-bond acceptors (Lipinski definition) is 6. The Hall–Kier alpha value is -2.89. The summed E-state index contributed by atoms with van der Waals surface area (Å²) in [5.41, 5.74) is 0. The van der Waals surface area contributed by atoms with Crippen LogP contribution in [0.4, 0.5) is 0 Å². The van der Waals surface area contributed by atoms with Crippen LogP contribution in [0.25, 0.3) is 0 Å². The van der Waals surface area contributed by atoms with E-state index in [0.717, 1.165) is 103 Å². The molecule has 0 fully saturated rings. The van der Waals surface area contributed by atoms with Gasteiger partial charge in [0.15, 0.2) is 6.10 Å². The minimum atomic E-state index is -0.771. The van der Waals surface area contributed by atoms with E-state index in [2.05, 4.69) is 81.5 Å². The van der Waals surface area contributed by atoms with Gasteiger partial charge in [-0.15, -0.1) is 0 Å². The lowest BCUT2D eigenvalue weighted by molar-refractivity contribution is -0.167. The summed E-state index contributed by atoms with van der Waals surface area (Å²) in [6.45, 7) is 6.48. The highest BCUT2D eigenvalue weighted by atomic mass is 16.6. The van der Waals surface area contributed by atoms with Gasteiger partial charge in [0.2, 0.25) is 0 Å². The number of rotatable bonds is 55. The third-order valence-corrected chi connectivity index (χ3v) is 13.3. The molecule has 0 rings (SSSR count). The lowest BCUT2D eigenvalue weighted by Gasteiger charge is -2.18. The average molecular weight is 980 g/mol. The number of allylic oxidation sites excluding steroid dienone is 10. The molecule has 0 amide bonds. The molecule has 0 radical (unpaired) electrons. The summed E-state index contributed by atoms with van der Waals surface area (Å²) in [6.07, 6.45) is 74.1. The SMILES string of the molecule is CC/C=C\C/C=C\C/C=C\C/C=C\C/C=C\CCCCCCCCCCCC(=O)OCC(COC(=O)CCCCCCC)OC(=O)CCCCCCCCCCCCCCCCCCCCCCCC. The molecule has 0 heterocycles. The molecule has 0 aromatic carbocycles. The molecule has 70 heavy (non-hydrogen) atoms. The lowest BCUT2D eigenvalue weighted by Crippen LogP contribution is -2.30. The molecule has 0 aliphatic rings. The number of carbonyl (C=O) groups is 3. The normalized spacial score (nSPS) is 12.4. The molecule has 0 aliphatic carbocycles. The van der Waals surface area contributed by atoms with Gasteiger partial charge >= 0.3 is 17.9 Å². The zero-order chi connectivity index (χ0) is 50.7. The van der Waals surface area contributed by atoms with E-state index >= 15 is 0 Å². The number of carbonyl (C=O) groups excluding carboxylic acids is 3. The van der Waals surface area contributed by atoms with Crippen molar-refractivity contribution in [2.75, 3.05) is 13.2 Å². The largest absolute Gasteiger partial charge is 0.462 e. The second-order valence-electron chi connectivity index (χ2n) is 20.2. The van der Waals surface area contributed by atoms with Gasteiger partial charge in [-0.2, -0.15) is 0 Å². The van der Waals surface area contributed by atoms with Crippen LogP contribution in [0.15, 0.2) is 60.8 Å². The zero-order valence-electron chi connectivity index (χ0n) is 46.5. The summed E-state index contributed by atoms with van der Waals surface area (Å²) in [4.78, 5) is 37.9. The van der Waals surface area contributed by atoms with Crippen molar-refractivity contribution >= 4 is 17.9 Å². The van der Waals surface area contributed by atoms with Gasteiger partial charge in [0, 0.05) is 19.3 Å². The Morgan fingerprint density at radius 3 is 0.871 bits per heavy atom. The van der Waals surface area contributed by atoms with Crippen molar-refractivity contribution in [3.05, 3.63) is 60.8 Å². The fourth-order valence-electron chi connectivity index (χ4n) is 8.77. The maximum absolute atomic E-state index is 12.8. The number of hydrogen-bond donors (Lipinski definition) is 0. The maximum Gasteiger partial charge on any atom is 0.306 e. The topological polar surface area (TPSA) is 78.9 Å². The highest BCUT2D eigenvalue weighted by Gasteiger charge is 2.19. The third-order valence-electron chi connectivity index (χ3n) is 13.3. The van der Waals surface area contributed by atoms with Crippen molar-refractivity contribution in [1.82, 2.24) is 0 Å². The smallest absolute Gasteiger partial charge is 0.306 e. The van der Waals surface area contributed by atoms with Gasteiger partial charge in [-0.1, -0.05) is 287 Å². The predicted molar refractivity (Wildman–Crippen MR) is 302 cm³/mol. The van der Waals surface area contributed by atoms with Gasteiger partial charge in [-0.05, 0) is 64.2 Å². The molecular formula is C64H114O6. The van der Waals surface area contributed by atoms with E-state index < -0.39 is 6.10 Å². The fraction of sp³-hybridized carbons (Fsp3) is 0.797. The van der Waals surface area contributed by atoms with E-state index in [1.165, 1.54) is 167 Å². The molecule has 406 valence electrons. The van der Waals surface area contributed by atoms with Crippen molar-refractivity contribution in [3.8, 4) is 0 Å². The monoisotopic (exact) mass is 979 g/mol. The van der Waals surface area contributed by atoms with Gasteiger partial charge in [-0.25, -0.2) is 0 Å². The molecule has 6 heteroatoms. The van der Waals surface area contributed by atoms with Crippen LogP contribution >= 0.6 is 0 Å². The van der Waals surface area contributed by atoms with Gasteiger partial charge in [0.1, 0.15) is 13.2 Å². The Bertz CT molecular complexity index is 1260. The molecule has 0 aromatic heterocycles. The van der Waals surface area contributed by atoms with E-state index in [1.807, 2.05) is 0 Å². The quantitative estimate of drug-likeness (QED) is 0.0261. The first-order valence-electron chi connectivity index (χ1n) is 30.3. The summed E-state index contributed by atoms with van der Waals surface area (Å²) in [5.74, 6) is -0.879. The van der Waals surface area contributed by atoms with Crippen molar-refractivity contribution in [3.63, 3.8) is 0 Å². The summed E-state index contributed by atoms with van der Waals surface area (Å²) >= 11 is 0. The summed E-state index contributed by atoms with van der Waals surface area (Å²) in [6, 6.07) is 0. The van der Waals surface area contributed by atoms with Gasteiger partial charge in [0.05, 0.1) is 0 Å². The summed E-state index contributed by atoms with van der Waals surface area (Å²) in [7, 11) is 0. The maximum atomic E-state index is 12.8. The summed E-state index contributed by atoms with van der Waals surface area (Å²) < 4.78 is 16.8. The standard InChI is InChI=1S/C64H114O6/c1-4-7-10-13-15-17-19-21-23-25-27-29-31-32-33-35-36-38-40-42-44-46-48-51-54-57-63(66)69-60-61(59-68-62(65)56-53-50-12-9-6-3)70-64(67)58-55-52-49-47-45-43-41-39-37-34-30-28-26-24-22-20-18-16-14-11-8-5-2/h7,10,15,17,21,23,27,29,32-33,61H,4-6,8-9,11-14,16,18-20,22,24-26,28,30-31,34-60H2,1-3H3/b10-7-,17-15-,23-21-,29-27-,33-32-. The van der Waals surface area contributed by atoms with E-state index in [1.54, 1.807) is 0 Å². The lowest BCUT2D eigenvalue weighted by atomic mass is 10.0. The first kappa shape index (κ1) is 67.1. The zero-order valence-corrected chi connectivity index (χ0v) is 46.5. The van der Waals surface area contributed by atoms with Crippen LogP contribution in [-0.4, -0.2) is 37.2 Å². The van der Waals surface area contributed by atoms with Crippen molar-refractivity contribution in [2.45, 2.75) is 316 Å². The van der Waals surface area contributed by atoms with E-state index in [0.29, 0.717) is 19.3 Å². The predicted octanol–water partition coefficient (Wildman–Crippen LogP) is 20.4. The Balaban J connectivity index is 4.06. The third kappa shape index (κ3) is 56.0. The minimum absolute atomic E-state index is 0.0739. The average Bonchev–Trinajstić information content (AvgIpc) is 3.36. The first-order valence-corrected chi connectivity index (χ1v) is 30.3. The molecule has 6 nitrogen and oxygen atoms in total.